The van der Waals surface area contributed by atoms with E-state index >= 15 is 0 Å². The highest BCUT2D eigenvalue weighted by Gasteiger charge is 2.19. The fraction of sp³-hybridized carbons (Fsp3) is 0.273. The summed E-state index contributed by atoms with van der Waals surface area (Å²) in [4.78, 5) is 17.6. The highest BCUT2D eigenvalue weighted by atomic mass is 16.5. The first kappa shape index (κ1) is 18.3. The Kier molecular flexibility index (Phi) is 4.88. The summed E-state index contributed by atoms with van der Waals surface area (Å²) in [7, 11) is 3.66. The molecule has 144 valence electrons. The monoisotopic (exact) mass is 376 g/mol. The summed E-state index contributed by atoms with van der Waals surface area (Å²) in [5, 5.41) is 4.21. The van der Waals surface area contributed by atoms with Gasteiger partial charge in [-0.05, 0) is 42.6 Å². The van der Waals surface area contributed by atoms with E-state index in [4.69, 9.17) is 9.72 Å². The number of aryl methyl sites for hydroxylation is 1. The van der Waals surface area contributed by atoms with E-state index < -0.39 is 0 Å². The molecule has 2 aromatic heterocycles. The number of nitrogens with one attached hydrogen (secondary N) is 1. The van der Waals surface area contributed by atoms with Crippen LogP contribution in [-0.2, 0) is 18.3 Å². The minimum absolute atomic E-state index is 0.110. The number of rotatable bonds is 6. The molecule has 0 unspecified atom stereocenters. The third-order valence-electron chi connectivity index (χ3n) is 5.09. The van der Waals surface area contributed by atoms with Crippen LogP contribution >= 0.6 is 0 Å². The van der Waals surface area contributed by atoms with Gasteiger partial charge < -0.3 is 19.2 Å². The predicted molar refractivity (Wildman–Crippen MR) is 110 cm³/mol. The minimum Gasteiger partial charge on any atom is -0.383 e. The molecule has 2 aromatic carbocycles. The van der Waals surface area contributed by atoms with Gasteiger partial charge in [-0.1, -0.05) is 18.2 Å². The summed E-state index contributed by atoms with van der Waals surface area (Å²) in [5.74, 6) is 0.715. The van der Waals surface area contributed by atoms with E-state index in [1.54, 1.807) is 7.11 Å². The van der Waals surface area contributed by atoms with Gasteiger partial charge in [0.25, 0.3) is 5.91 Å². The second-order valence-electron chi connectivity index (χ2n) is 7.00. The number of fused-ring (bicyclic) bond motifs is 2. The third kappa shape index (κ3) is 3.27. The van der Waals surface area contributed by atoms with E-state index in [0.717, 1.165) is 27.8 Å². The van der Waals surface area contributed by atoms with Gasteiger partial charge in [0.1, 0.15) is 5.82 Å². The Morgan fingerprint density at radius 2 is 2.00 bits per heavy atom. The normalized spacial score (nSPS) is 12.5. The number of ether oxygens (including phenoxy) is 1. The maximum atomic E-state index is 12.9. The van der Waals surface area contributed by atoms with E-state index in [1.165, 1.54) is 0 Å². The van der Waals surface area contributed by atoms with E-state index in [1.807, 2.05) is 73.3 Å². The second-order valence-corrected chi connectivity index (χ2v) is 7.00. The summed E-state index contributed by atoms with van der Waals surface area (Å²) < 4.78 is 9.38. The second kappa shape index (κ2) is 7.48. The zero-order chi connectivity index (χ0) is 19.7. The van der Waals surface area contributed by atoms with Gasteiger partial charge in [-0.25, -0.2) is 4.98 Å². The Morgan fingerprint density at radius 1 is 1.18 bits per heavy atom. The summed E-state index contributed by atoms with van der Waals surface area (Å²) >= 11 is 0. The number of nitrogens with zero attached hydrogens (tertiary/aromatic N) is 3. The molecule has 1 atom stereocenters. The molecule has 0 spiro atoms. The van der Waals surface area contributed by atoms with Crippen molar-refractivity contribution >= 4 is 27.8 Å². The number of aromatic nitrogens is 3. The topological polar surface area (TPSA) is 61.1 Å². The van der Waals surface area contributed by atoms with Crippen LogP contribution < -0.4 is 5.32 Å². The lowest BCUT2D eigenvalue weighted by molar-refractivity contribution is 0.0937. The van der Waals surface area contributed by atoms with Gasteiger partial charge >= 0.3 is 0 Å². The highest BCUT2D eigenvalue weighted by molar-refractivity contribution is 5.98. The number of amides is 1. The van der Waals surface area contributed by atoms with Crippen LogP contribution in [0.4, 0.5) is 0 Å². The van der Waals surface area contributed by atoms with E-state index in [9.17, 15) is 4.79 Å². The van der Waals surface area contributed by atoms with Crippen molar-refractivity contribution in [3.8, 4) is 0 Å². The molecular weight excluding hydrogens is 352 g/mol. The van der Waals surface area contributed by atoms with Crippen molar-refractivity contribution in [2.75, 3.05) is 13.7 Å². The molecule has 0 bridgehead atoms. The lowest BCUT2D eigenvalue weighted by Gasteiger charge is -2.16. The Labute approximate surface area is 163 Å². The number of carbonyl (C=O) groups excluding carboxylic acids is 1. The van der Waals surface area contributed by atoms with Gasteiger partial charge in [-0.2, -0.15) is 0 Å². The van der Waals surface area contributed by atoms with Crippen molar-refractivity contribution in [3.63, 3.8) is 0 Å². The van der Waals surface area contributed by atoms with Crippen LogP contribution in [0.2, 0.25) is 0 Å². The Hall–Kier alpha value is -3.12. The largest absolute Gasteiger partial charge is 0.383 e. The number of para-hydroxylation sites is 2. The van der Waals surface area contributed by atoms with Crippen molar-refractivity contribution < 1.29 is 9.53 Å². The van der Waals surface area contributed by atoms with Crippen LogP contribution in [-0.4, -0.2) is 33.7 Å². The molecule has 0 saturated heterocycles. The molecule has 0 aliphatic heterocycles. The number of carbonyl (C=O) groups is 1. The maximum Gasteiger partial charge on any atom is 0.251 e. The van der Waals surface area contributed by atoms with Crippen LogP contribution in [0, 0.1) is 0 Å². The van der Waals surface area contributed by atoms with Crippen molar-refractivity contribution in [3.05, 3.63) is 66.1 Å². The van der Waals surface area contributed by atoms with E-state index in [-0.39, 0.29) is 11.9 Å². The smallest absolute Gasteiger partial charge is 0.251 e. The van der Waals surface area contributed by atoms with Crippen molar-refractivity contribution in [1.29, 1.82) is 0 Å². The summed E-state index contributed by atoms with van der Waals surface area (Å²) in [6.07, 6.45) is 1.99. The summed E-state index contributed by atoms with van der Waals surface area (Å²) in [5.41, 5.74) is 3.63. The van der Waals surface area contributed by atoms with Gasteiger partial charge in [0, 0.05) is 38.0 Å². The average molecular weight is 376 g/mol. The molecule has 0 saturated carbocycles. The lowest BCUT2D eigenvalue weighted by atomic mass is 10.1. The SMILES string of the molecule is COCCn1c([C@@H](C)NC(=O)c2ccc3ccn(C)c3c2)nc2ccccc21. The summed E-state index contributed by atoms with van der Waals surface area (Å²) in [6, 6.07) is 15.6. The van der Waals surface area contributed by atoms with Crippen molar-refractivity contribution in [2.45, 2.75) is 19.5 Å². The number of methoxy groups -OCH3 is 1. The van der Waals surface area contributed by atoms with Crippen LogP contribution in [0.15, 0.2) is 54.7 Å². The fourth-order valence-corrected chi connectivity index (χ4v) is 3.59. The quantitative estimate of drug-likeness (QED) is 0.559. The van der Waals surface area contributed by atoms with Gasteiger partial charge in [0.05, 0.1) is 23.7 Å². The molecule has 0 aliphatic rings. The minimum atomic E-state index is -0.235. The molecule has 0 aliphatic carbocycles. The van der Waals surface area contributed by atoms with E-state index in [0.29, 0.717) is 18.7 Å². The first-order chi connectivity index (χ1) is 13.6. The van der Waals surface area contributed by atoms with Crippen LogP contribution in [0.1, 0.15) is 29.1 Å². The Balaban J connectivity index is 1.62. The van der Waals surface area contributed by atoms with Gasteiger partial charge in [0.2, 0.25) is 0 Å². The zero-order valence-corrected chi connectivity index (χ0v) is 16.3. The van der Waals surface area contributed by atoms with E-state index in [2.05, 4.69) is 9.88 Å². The molecular formula is C22H24N4O2. The number of imidazole rings is 1. The summed E-state index contributed by atoms with van der Waals surface area (Å²) in [6.45, 7) is 3.23. The van der Waals surface area contributed by atoms with Crippen LogP contribution in [0.5, 0.6) is 0 Å². The first-order valence-electron chi connectivity index (χ1n) is 9.38. The molecule has 0 radical (unpaired) electrons. The number of hydrogen-bond donors (Lipinski definition) is 1. The standard InChI is InChI=1S/C22H24N4O2/c1-15(21-24-18-6-4-5-7-19(18)26(21)12-13-28-3)23-22(27)17-9-8-16-10-11-25(2)20(16)14-17/h4-11,14-15H,12-13H2,1-3H3,(H,23,27)/t15-/m1/s1. The van der Waals surface area contributed by atoms with Crippen LogP contribution in [0.3, 0.4) is 0 Å². The zero-order valence-electron chi connectivity index (χ0n) is 16.3. The van der Waals surface area contributed by atoms with Crippen molar-refractivity contribution in [2.24, 2.45) is 7.05 Å². The molecule has 28 heavy (non-hydrogen) atoms. The van der Waals surface area contributed by atoms with Crippen LogP contribution in [0.25, 0.3) is 21.9 Å². The van der Waals surface area contributed by atoms with Crippen molar-refractivity contribution in [1.82, 2.24) is 19.4 Å². The molecule has 1 N–H and O–H groups in total. The molecule has 6 nitrogen and oxygen atoms in total. The molecule has 4 aromatic rings. The highest BCUT2D eigenvalue weighted by Crippen LogP contribution is 2.22. The Morgan fingerprint density at radius 3 is 2.82 bits per heavy atom. The van der Waals surface area contributed by atoms with Gasteiger partial charge in [0.15, 0.2) is 0 Å². The molecule has 4 rings (SSSR count). The maximum absolute atomic E-state index is 12.9. The molecule has 6 heteroatoms. The number of benzene rings is 2. The Bertz CT molecular complexity index is 1140. The molecule has 1 amide bonds. The first-order valence-corrected chi connectivity index (χ1v) is 9.38. The predicted octanol–water partition coefficient (Wildman–Crippen LogP) is 3.67. The molecule has 2 heterocycles. The third-order valence-corrected chi connectivity index (χ3v) is 5.09. The number of hydrogen-bond acceptors (Lipinski definition) is 3. The lowest BCUT2D eigenvalue weighted by Crippen LogP contribution is -2.29. The molecule has 0 fully saturated rings. The van der Waals surface area contributed by atoms with Gasteiger partial charge in [-0.3, -0.25) is 4.79 Å². The fourth-order valence-electron chi connectivity index (χ4n) is 3.59. The van der Waals surface area contributed by atoms with Gasteiger partial charge in [-0.15, -0.1) is 0 Å². The average Bonchev–Trinajstić information content (AvgIpc) is 3.26.